The molecule has 2 unspecified atom stereocenters. The van der Waals surface area contributed by atoms with Crippen molar-refractivity contribution in [3.05, 3.63) is 33.8 Å². The average molecular weight is 334 g/mol. The molecule has 0 bridgehead atoms. The van der Waals surface area contributed by atoms with E-state index in [1.54, 1.807) is 14.2 Å². The van der Waals surface area contributed by atoms with Crippen molar-refractivity contribution in [3.63, 3.8) is 0 Å². The highest BCUT2D eigenvalue weighted by molar-refractivity contribution is 9.10. The number of hydrogen-bond donors (Lipinski definition) is 1. The van der Waals surface area contributed by atoms with Crippen LogP contribution in [0.15, 0.2) is 16.6 Å². The van der Waals surface area contributed by atoms with E-state index in [0.29, 0.717) is 10.4 Å². The van der Waals surface area contributed by atoms with E-state index in [2.05, 4.69) is 21.2 Å². The Morgan fingerprint density at radius 3 is 2.63 bits per heavy atom. The summed E-state index contributed by atoms with van der Waals surface area (Å²) >= 11 is 3.09. The summed E-state index contributed by atoms with van der Waals surface area (Å²) in [5.74, 6) is -0.529. The summed E-state index contributed by atoms with van der Waals surface area (Å²) in [6.07, 6.45) is 2.53. The van der Waals surface area contributed by atoms with E-state index in [-0.39, 0.29) is 24.1 Å². The van der Waals surface area contributed by atoms with Crippen molar-refractivity contribution in [2.24, 2.45) is 5.92 Å². The van der Waals surface area contributed by atoms with Crippen LogP contribution in [-0.4, -0.2) is 26.3 Å². The van der Waals surface area contributed by atoms with E-state index >= 15 is 0 Å². The first-order valence-electron chi connectivity index (χ1n) is 6.41. The third-order valence-electron chi connectivity index (χ3n) is 3.69. The number of methoxy groups -OCH3 is 1. The van der Waals surface area contributed by atoms with Crippen LogP contribution in [0.2, 0.25) is 0 Å². The summed E-state index contributed by atoms with van der Waals surface area (Å²) in [6.45, 7) is 0. The molecule has 1 N–H and O–H groups in total. The molecular formula is C14H18BrF2NO. The molecule has 2 nitrogen and oxygen atoms in total. The van der Waals surface area contributed by atoms with Crippen LogP contribution in [0.3, 0.4) is 0 Å². The zero-order valence-corrected chi connectivity index (χ0v) is 12.6. The Bertz CT molecular complexity index is 451. The smallest absolute Gasteiger partial charge is 0.143 e. The number of rotatable bonds is 6. The quantitative estimate of drug-likeness (QED) is 0.806. The fraction of sp³-hybridized carbons (Fsp3) is 0.571. The van der Waals surface area contributed by atoms with Crippen molar-refractivity contribution < 1.29 is 13.5 Å². The van der Waals surface area contributed by atoms with E-state index in [1.165, 1.54) is 12.1 Å². The Morgan fingerprint density at radius 1 is 1.42 bits per heavy atom. The second-order valence-corrected chi connectivity index (χ2v) is 5.81. The molecule has 2 atom stereocenters. The van der Waals surface area contributed by atoms with Crippen LogP contribution in [0.25, 0.3) is 0 Å². The second-order valence-electron chi connectivity index (χ2n) is 4.96. The second kappa shape index (κ2) is 6.29. The molecule has 5 heteroatoms. The normalized spacial score (nSPS) is 18.4. The van der Waals surface area contributed by atoms with Gasteiger partial charge in [0.1, 0.15) is 11.6 Å². The van der Waals surface area contributed by atoms with Gasteiger partial charge < -0.3 is 10.1 Å². The first-order chi connectivity index (χ1) is 9.08. The monoisotopic (exact) mass is 333 g/mol. The third kappa shape index (κ3) is 3.33. The van der Waals surface area contributed by atoms with Gasteiger partial charge in [-0.25, -0.2) is 8.78 Å². The van der Waals surface area contributed by atoms with Gasteiger partial charge in [0, 0.05) is 18.7 Å². The molecule has 2 rings (SSSR count). The maximum Gasteiger partial charge on any atom is 0.143 e. The van der Waals surface area contributed by atoms with Gasteiger partial charge in [0.15, 0.2) is 0 Å². The lowest BCUT2D eigenvalue weighted by Crippen LogP contribution is -2.42. The predicted octanol–water partition coefficient (Wildman–Crippen LogP) is 3.28. The number of ether oxygens (including phenoxy) is 1. The van der Waals surface area contributed by atoms with Crippen LogP contribution in [0.5, 0.6) is 0 Å². The van der Waals surface area contributed by atoms with E-state index in [0.717, 1.165) is 12.8 Å². The number of nitrogens with one attached hydrogen (secondary N) is 1. The van der Waals surface area contributed by atoms with Crippen molar-refractivity contribution in [2.45, 2.75) is 31.4 Å². The van der Waals surface area contributed by atoms with Crippen molar-refractivity contribution in [3.8, 4) is 0 Å². The molecule has 1 aromatic rings. The molecule has 106 valence electrons. The Kier molecular flexibility index (Phi) is 4.92. The SMILES string of the molecule is CNC(Cc1c(F)ccc(Br)c1F)C(OC)C1CC1. The van der Waals surface area contributed by atoms with Gasteiger partial charge in [0.25, 0.3) is 0 Å². The Morgan fingerprint density at radius 2 is 2.11 bits per heavy atom. The first-order valence-corrected chi connectivity index (χ1v) is 7.20. The molecule has 0 aliphatic heterocycles. The van der Waals surface area contributed by atoms with Crippen LogP contribution < -0.4 is 5.32 Å². The Hall–Kier alpha value is -0.520. The van der Waals surface area contributed by atoms with E-state index < -0.39 is 11.6 Å². The highest BCUT2D eigenvalue weighted by atomic mass is 79.9. The van der Waals surface area contributed by atoms with Crippen LogP contribution in [-0.2, 0) is 11.2 Å². The van der Waals surface area contributed by atoms with Crippen LogP contribution in [0.1, 0.15) is 18.4 Å². The molecule has 0 radical (unpaired) electrons. The molecule has 1 aromatic carbocycles. The number of hydrogen-bond acceptors (Lipinski definition) is 2. The summed E-state index contributed by atoms with van der Waals surface area (Å²) in [7, 11) is 3.45. The molecule has 0 spiro atoms. The average Bonchev–Trinajstić information content (AvgIpc) is 3.22. The summed E-state index contributed by atoms with van der Waals surface area (Å²) in [4.78, 5) is 0. The van der Waals surface area contributed by atoms with Gasteiger partial charge in [-0.3, -0.25) is 0 Å². The van der Waals surface area contributed by atoms with Crippen molar-refractivity contribution in [1.82, 2.24) is 5.32 Å². The van der Waals surface area contributed by atoms with Gasteiger partial charge in [-0.1, -0.05) is 0 Å². The molecule has 0 aromatic heterocycles. The minimum absolute atomic E-state index is 0.00258. The summed E-state index contributed by atoms with van der Waals surface area (Å²) in [5.41, 5.74) is 0.108. The van der Waals surface area contributed by atoms with E-state index in [4.69, 9.17) is 4.74 Å². The summed E-state index contributed by atoms with van der Waals surface area (Å²) in [6, 6.07) is 2.58. The lowest BCUT2D eigenvalue weighted by Gasteiger charge is -2.26. The number of likely N-dealkylation sites (N-methyl/N-ethyl adjacent to an activating group) is 1. The van der Waals surface area contributed by atoms with Crippen molar-refractivity contribution in [1.29, 1.82) is 0 Å². The zero-order valence-electron chi connectivity index (χ0n) is 11.1. The first kappa shape index (κ1) is 14.9. The van der Waals surface area contributed by atoms with Gasteiger partial charge in [-0.2, -0.15) is 0 Å². The number of halogens is 3. The fourth-order valence-electron chi connectivity index (χ4n) is 2.47. The van der Waals surface area contributed by atoms with E-state index in [1.807, 2.05) is 0 Å². The number of benzene rings is 1. The minimum Gasteiger partial charge on any atom is -0.380 e. The molecule has 19 heavy (non-hydrogen) atoms. The summed E-state index contributed by atoms with van der Waals surface area (Å²) < 4.78 is 33.6. The third-order valence-corrected chi connectivity index (χ3v) is 4.30. The predicted molar refractivity (Wildman–Crippen MR) is 74.1 cm³/mol. The highest BCUT2D eigenvalue weighted by Crippen LogP contribution is 2.36. The van der Waals surface area contributed by atoms with Gasteiger partial charge in [0.05, 0.1) is 10.6 Å². The van der Waals surface area contributed by atoms with Crippen LogP contribution in [0, 0.1) is 17.6 Å². The van der Waals surface area contributed by atoms with E-state index in [9.17, 15) is 8.78 Å². The molecule has 1 aliphatic carbocycles. The van der Waals surface area contributed by atoms with Crippen molar-refractivity contribution in [2.75, 3.05) is 14.2 Å². The van der Waals surface area contributed by atoms with Gasteiger partial charge in [-0.05, 0) is 60.3 Å². The van der Waals surface area contributed by atoms with Gasteiger partial charge in [-0.15, -0.1) is 0 Å². The Balaban J connectivity index is 2.20. The molecule has 0 amide bonds. The minimum atomic E-state index is -0.522. The maximum atomic E-state index is 14.0. The maximum absolute atomic E-state index is 14.0. The lowest BCUT2D eigenvalue weighted by atomic mass is 9.97. The topological polar surface area (TPSA) is 21.3 Å². The zero-order chi connectivity index (χ0) is 14.0. The van der Waals surface area contributed by atoms with Crippen molar-refractivity contribution >= 4 is 15.9 Å². The lowest BCUT2D eigenvalue weighted by molar-refractivity contribution is 0.0529. The molecule has 1 saturated carbocycles. The molecular weight excluding hydrogens is 316 g/mol. The molecule has 1 fully saturated rings. The van der Waals surface area contributed by atoms with Crippen LogP contribution in [0.4, 0.5) is 8.78 Å². The largest absolute Gasteiger partial charge is 0.380 e. The molecule has 0 saturated heterocycles. The molecule has 0 heterocycles. The Labute approximate surface area is 120 Å². The van der Waals surface area contributed by atoms with Gasteiger partial charge in [0.2, 0.25) is 0 Å². The molecule has 1 aliphatic rings. The highest BCUT2D eigenvalue weighted by Gasteiger charge is 2.36. The van der Waals surface area contributed by atoms with Gasteiger partial charge >= 0.3 is 0 Å². The standard InChI is InChI=1S/C14H18BrF2NO/c1-18-12(14(19-2)8-3-4-8)7-9-11(16)6-5-10(15)13(9)17/h5-6,8,12,14,18H,3-4,7H2,1-2H3. The summed E-state index contributed by atoms with van der Waals surface area (Å²) in [5, 5.41) is 3.12. The fourth-order valence-corrected chi connectivity index (χ4v) is 2.84. The van der Waals surface area contributed by atoms with Crippen LogP contribution >= 0.6 is 15.9 Å².